The molecule has 0 fully saturated rings. The monoisotopic (exact) mass is 341 g/mol. The molecule has 0 aliphatic rings. The zero-order chi connectivity index (χ0) is 15.3. The molecule has 1 aromatic carbocycles. The molecule has 0 saturated carbocycles. The Balaban J connectivity index is 3.30. The number of hydrogen-bond donors (Lipinski definition) is 1. The third-order valence-corrected chi connectivity index (χ3v) is 5.54. The molecule has 1 N–H and O–H groups in total. The maximum Gasteiger partial charge on any atom is 0.244 e. The van der Waals surface area contributed by atoms with Crippen molar-refractivity contribution in [2.75, 3.05) is 26.8 Å². The number of rotatable bonds is 7. The van der Waals surface area contributed by atoms with Gasteiger partial charge in [-0.05, 0) is 17.7 Å². The Bertz CT molecular complexity index is 563. The second kappa shape index (κ2) is 7.59. The fourth-order valence-corrected chi connectivity index (χ4v) is 4.03. The van der Waals surface area contributed by atoms with E-state index in [0.717, 1.165) is 0 Å². The van der Waals surface area contributed by atoms with Crippen molar-refractivity contribution in [3.63, 3.8) is 0 Å². The first-order valence-electron chi connectivity index (χ1n) is 5.96. The number of likely N-dealkylation sites (N-methyl/N-ethyl adjacent to an activating group) is 1. The molecule has 1 aromatic rings. The van der Waals surface area contributed by atoms with Crippen molar-refractivity contribution in [3.05, 3.63) is 27.7 Å². The van der Waals surface area contributed by atoms with Gasteiger partial charge in [-0.3, -0.25) is 0 Å². The lowest BCUT2D eigenvalue weighted by molar-refractivity contribution is 0.180. The molecule has 1 rings (SSSR count). The van der Waals surface area contributed by atoms with E-state index in [0.29, 0.717) is 0 Å². The van der Waals surface area contributed by atoms with Gasteiger partial charge in [-0.1, -0.05) is 30.1 Å². The molecule has 0 amide bonds. The second-order valence-corrected chi connectivity index (χ2v) is 6.75. The summed E-state index contributed by atoms with van der Waals surface area (Å²) in [7, 11) is -2.29. The smallest absolute Gasteiger partial charge is 0.244 e. The van der Waals surface area contributed by atoms with Gasteiger partial charge in [0.1, 0.15) is 4.90 Å². The molecule has 8 heteroatoms. The van der Waals surface area contributed by atoms with Crippen molar-refractivity contribution in [1.29, 1.82) is 0 Å². The molecular formula is C12H17Cl2NO4S. The highest BCUT2D eigenvalue weighted by Gasteiger charge is 2.27. The summed E-state index contributed by atoms with van der Waals surface area (Å²) in [6, 6.07) is 2.72. The number of aliphatic hydroxyl groups is 1. The van der Waals surface area contributed by atoms with E-state index in [1.807, 2.05) is 0 Å². The third kappa shape index (κ3) is 3.84. The maximum absolute atomic E-state index is 12.6. The highest BCUT2D eigenvalue weighted by molar-refractivity contribution is 7.89. The quantitative estimate of drug-likeness (QED) is 0.824. The lowest BCUT2D eigenvalue weighted by Crippen LogP contribution is -2.34. The van der Waals surface area contributed by atoms with Crippen LogP contribution >= 0.6 is 23.2 Å². The minimum Gasteiger partial charge on any atom is -0.392 e. The molecule has 0 saturated heterocycles. The average molecular weight is 342 g/mol. The Morgan fingerprint density at radius 1 is 1.35 bits per heavy atom. The van der Waals surface area contributed by atoms with Crippen LogP contribution in [-0.4, -0.2) is 44.6 Å². The number of methoxy groups -OCH3 is 1. The Labute approximate surface area is 129 Å². The van der Waals surface area contributed by atoms with E-state index in [-0.39, 0.29) is 46.8 Å². The molecule has 0 atom stereocenters. The van der Waals surface area contributed by atoms with E-state index in [9.17, 15) is 13.5 Å². The van der Waals surface area contributed by atoms with Gasteiger partial charge in [0.05, 0.1) is 18.2 Å². The van der Waals surface area contributed by atoms with Crippen LogP contribution in [-0.2, 0) is 21.4 Å². The predicted octanol–water partition coefficient (Wildman–Crippen LogP) is 2.14. The minimum atomic E-state index is -3.78. The number of ether oxygens (including phenoxy) is 1. The standard InChI is InChI=1S/C12H17Cl2NO4S/c1-3-15(4-5-19-2)20(17,18)11-7-10(13)6-9(8-16)12(11)14/h6-7,16H,3-5,8H2,1-2H3. The van der Waals surface area contributed by atoms with E-state index < -0.39 is 10.0 Å². The maximum atomic E-state index is 12.6. The first kappa shape index (κ1) is 17.7. The van der Waals surface area contributed by atoms with Crippen molar-refractivity contribution >= 4 is 33.2 Å². The fourth-order valence-electron chi connectivity index (χ4n) is 1.70. The van der Waals surface area contributed by atoms with E-state index in [1.54, 1.807) is 6.92 Å². The number of halogens is 2. The average Bonchev–Trinajstić information content (AvgIpc) is 2.41. The largest absolute Gasteiger partial charge is 0.392 e. The van der Waals surface area contributed by atoms with Crippen molar-refractivity contribution in [2.24, 2.45) is 0 Å². The van der Waals surface area contributed by atoms with E-state index in [4.69, 9.17) is 27.9 Å². The first-order chi connectivity index (χ1) is 9.38. The van der Waals surface area contributed by atoms with Gasteiger partial charge in [-0.25, -0.2) is 8.42 Å². The molecule has 114 valence electrons. The Kier molecular flexibility index (Phi) is 6.71. The summed E-state index contributed by atoms with van der Waals surface area (Å²) >= 11 is 11.9. The van der Waals surface area contributed by atoms with Gasteiger partial charge in [0.15, 0.2) is 0 Å². The Morgan fingerprint density at radius 3 is 2.50 bits per heavy atom. The highest BCUT2D eigenvalue weighted by Crippen LogP contribution is 2.31. The van der Waals surface area contributed by atoms with Gasteiger partial charge in [0.2, 0.25) is 10.0 Å². The zero-order valence-corrected chi connectivity index (χ0v) is 13.6. The van der Waals surface area contributed by atoms with Crippen LogP contribution in [0.4, 0.5) is 0 Å². The Hall–Kier alpha value is -0.370. The van der Waals surface area contributed by atoms with Gasteiger partial charge in [-0.15, -0.1) is 0 Å². The predicted molar refractivity (Wildman–Crippen MR) is 78.7 cm³/mol. The molecule has 0 aliphatic heterocycles. The fraction of sp³-hybridized carbons (Fsp3) is 0.500. The number of nitrogens with zero attached hydrogens (tertiary/aromatic N) is 1. The van der Waals surface area contributed by atoms with Gasteiger partial charge in [-0.2, -0.15) is 4.31 Å². The summed E-state index contributed by atoms with van der Waals surface area (Å²) in [5.41, 5.74) is 0.278. The normalized spacial score (nSPS) is 12.1. The SMILES string of the molecule is CCN(CCOC)S(=O)(=O)c1cc(Cl)cc(CO)c1Cl. The van der Waals surface area contributed by atoms with Crippen LogP contribution in [0.1, 0.15) is 12.5 Å². The van der Waals surface area contributed by atoms with Gasteiger partial charge >= 0.3 is 0 Å². The first-order valence-corrected chi connectivity index (χ1v) is 8.15. The topological polar surface area (TPSA) is 66.8 Å². The van der Waals surface area contributed by atoms with Crippen LogP contribution < -0.4 is 0 Å². The molecular weight excluding hydrogens is 325 g/mol. The van der Waals surface area contributed by atoms with Crippen LogP contribution in [0.25, 0.3) is 0 Å². The zero-order valence-electron chi connectivity index (χ0n) is 11.3. The molecule has 0 radical (unpaired) electrons. The van der Waals surface area contributed by atoms with E-state index in [1.165, 1.54) is 23.5 Å². The summed E-state index contributed by atoms with van der Waals surface area (Å²) in [5.74, 6) is 0. The van der Waals surface area contributed by atoms with Gasteiger partial charge < -0.3 is 9.84 Å². The van der Waals surface area contributed by atoms with Crippen LogP contribution in [0.2, 0.25) is 10.0 Å². The summed E-state index contributed by atoms with van der Waals surface area (Å²) in [5, 5.41) is 9.40. The number of aliphatic hydroxyl groups excluding tert-OH is 1. The molecule has 0 spiro atoms. The number of hydrogen-bond acceptors (Lipinski definition) is 4. The van der Waals surface area contributed by atoms with Gasteiger partial charge in [0.25, 0.3) is 0 Å². The molecule has 0 unspecified atom stereocenters. The van der Waals surface area contributed by atoms with Crippen molar-refractivity contribution in [1.82, 2.24) is 4.31 Å². The number of sulfonamides is 1. The molecule has 0 bridgehead atoms. The van der Waals surface area contributed by atoms with Crippen LogP contribution in [0.3, 0.4) is 0 Å². The van der Waals surface area contributed by atoms with Crippen LogP contribution in [0.5, 0.6) is 0 Å². The van der Waals surface area contributed by atoms with Gasteiger partial charge in [0, 0.05) is 25.2 Å². The molecule has 0 aromatic heterocycles. The van der Waals surface area contributed by atoms with Crippen molar-refractivity contribution in [2.45, 2.75) is 18.4 Å². The van der Waals surface area contributed by atoms with E-state index >= 15 is 0 Å². The molecule has 5 nitrogen and oxygen atoms in total. The summed E-state index contributed by atoms with van der Waals surface area (Å²) in [6.45, 7) is 2.11. The minimum absolute atomic E-state index is 0.00670. The second-order valence-electron chi connectivity index (χ2n) is 4.02. The lowest BCUT2D eigenvalue weighted by atomic mass is 10.2. The molecule has 0 aliphatic carbocycles. The molecule has 20 heavy (non-hydrogen) atoms. The summed E-state index contributed by atoms with van der Waals surface area (Å²) in [4.78, 5) is -0.103. The summed E-state index contributed by atoms with van der Waals surface area (Å²) in [6.07, 6.45) is 0. The highest BCUT2D eigenvalue weighted by atomic mass is 35.5. The van der Waals surface area contributed by atoms with Crippen LogP contribution in [0.15, 0.2) is 17.0 Å². The van der Waals surface area contributed by atoms with Crippen molar-refractivity contribution in [3.8, 4) is 0 Å². The van der Waals surface area contributed by atoms with Crippen molar-refractivity contribution < 1.29 is 18.3 Å². The summed E-state index contributed by atoms with van der Waals surface area (Å²) < 4.78 is 31.3. The van der Waals surface area contributed by atoms with E-state index in [2.05, 4.69) is 0 Å². The van der Waals surface area contributed by atoms with Crippen LogP contribution in [0, 0.1) is 0 Å². The lowest BCUT2D eigenvalue weighted by Gasteiger charge is -2.21. The Morgan fingerprint density at radius 2 is 2.00 bits per heavy atom. The molecule has 0 heterocycles. The third-order valence-electron chi connectivity index (χ3n) is 2.77. The number of benzene rings is 1.